The van der Waals surface area contributed by atoms with Crippen LogP contribution in [0.15, 0.2) is 30.3 Å². The number of carbonyl (C=O) groups is 1. The largest absolute Gasteiger partial charge is 0.444 e. The Hall–Kier alpha value is -1.51. The van der Waals surface area contributed by atoms with E-state index in [1.807, 2.05) is 25.7 Å². The second-order valence-corrected chi connectivity index (χ2v) is 8.13. The molecule has 2 aliphatic heterocycles. The van der Waals surface area contributed by atoms with Crippen molar-refractivity contribution >= 4 is 6.09 Å². The summed E-state index contributed by atoms with van der Waals surface area (Å²) in [6.07, 6.45) is 6.85. The molecule has 0 spiro atoms. The lowest BCUT2D eigenvalue weighted by Gasteiger charge is -2.39. The van der Waals surface area contributed by atoms with Gasteiger partial charge in [0.15, 0.2) is 0 Å². The van der Waals surface area contributed by atoms with Gasteiger partial charge in [0.05, 0.1) is 0 Å². The van der Waals surface area contributed by atoms with Crippen molar-refractivity contribution in [1.29, 1.82) is 0 Å². The number of aryl methyl sites for hydroxylation is 1. The number of carbonyl (C=O) groups excluding carboxylic acids is 1. The predicted octanol–water partition coefficient (Wildman–Crippen LogP) is 4.80. The minimum absolute atomic E-state index is 0.105. The first-order valence-electron chi connectivity index (χ1n) is 8.97. The van der Waals surface area contributed by atoms with E-state index < -0.39 is 5.60 Å². The molecular weight excluding hydrogens is 286 g/mol. The number of rotatable bonds is 3. The third-order valence-electron chi connectivity index (χ3n) is 5.12. The van der Waals surface area contributed by atoms with E-state index in [9.17, 15) is 4.79 Å². The van der Waals surface area contributed by atoms with Crippen LogP contribution in [-0.4, -0.2) is 28.7 Å². The zero-order chi connectivity index (χ0) is 16.4. The summed E-state index contributed by atoms with van der Waals surface area (Å²) in [5.74, 6) is 0.742. The molecule has 0 aromatic heterocycles. The molecule has 1 amide bonds. The first-order chi connectivity index (χ1) is 10.9. The summed E-state index contributed by atoms with van der Waals surface area (Å²) in [7, 11) is 0. The van der Waals surface area contributed by atoms with Gasteiger partial charge in [0.1, 0.15) is 5.60 Å². The minimum atomic E-state index is -0.402. The Kier molecular flexibility index (Phi) is 4.65. The molecule has 2 fully saturated rings. The average molecular weight is 315 g/mol. The van der Waals surface area contributed by atoms with Crippen molar-refractivity contribution in [3.63, 3.8) is 0 Å². The summed E-state index contributed by atoms with van der Waals surface area (Å²) in [6.45, 7) is 5.83. The van der Waals surface area contributed by atoms with Crippen molar-refractivity contribution in [3.8, 4) is 0 Å². The second-order valence-electron chi connectivity index (χ2n) is 8.13. The number of ether oxygens (including phenoxy) is 1. The van der Waals surface area contributed by atoms with E-state index in [4.69, 9.17) is 4.74 Å². The van der Waals surface area contributed by atoms with Crippen LogP contribution in [-0.2, 0) is 11.2 Å². The van der Waals surface area contributed by atoms with Crippen LogP contribution in [0.2, 0.25) is 0 Å². The third-order valence-corrected chi connectivity index (χ3v) is 5.12. The fraction of sp³-hybridized carbons (Fsp3) is 0.650. The SMILES string of the molecule is CC(C)(C)OC(=O)N1C2CCC1CC(CCc1ccccc1)C2. The summed E-state index contributed by atoms with van der Waals surface area (Å²) < 4.78 is 5.61. The van der Waals surface area contributed by atoms with E-state index >= 15 is 0 Å². The highest BCUT2D eigenvalue weighted by Crippen LogP contribution is 2.41. The quantitative estimate of drug-likeness (QED) is 0.802. The van der Waals surface area contributed by atoms with Crippen molar-refractivity contribution in [3.05, 3.63) is 35.9 Å². The van der Waals surface area contributed by atoms with Crippen molar-refractivity contribution in [2.24, 2.45) is 5.92 Å². The monoisotopic (exact) mass is 315 g/mol. The molecular formula is C20H29NO2. The summed E-state index contributed by atoms with van der Waals surface area (Å²) in [4.78, 5) is 14.5. The molecule has 3 nitrogen and oxygen atoms in total. The highest BCUT2D eigenvalue weighted by atomic mass is 16.6. The Balaban J connectivity index is 1.55. The minimum Gasteiger partial charge on any atom is -0.444 e. The van der Waals surface area contributed by atoms with E-state index in [1.54, 1.807) is 0 Å². The van der Waals surface area contributed by atoms with Crippen molar-refractivity contribution < 1.29 is 9.53 Å². The molecule has 2 atom stereocenters. The number of amides is 1. The van der Waals surface area contributed by atoms with Crippen LogP contribution < -0.4 is 0 Å². The highest BCUT2D eigenvalue weighted by molar-refractivity contribution is 5.69. The molecule has 3 rings (SSSR count). The number of benzene rings is 1. The Labute approximate surface area is 140 Å². The first kappa shape index (κ1) is 16.4. The Morgan fingerprint density at radius 3 is 2.30 bits per heavy atom. The van der Waals surface area contributed by atoms with Gasteiger partial charge >= 0.3 is 6.09 Å². The van der Waals surface area contributed by atoms with E-state index in [0.717, 1.165) is 38.0 Å². The molecule has 2 unspecified atom stereocenters. The molecule has 0 aliphatic carbocycles. The van der Waals surface area contributed by atoms with Crippen LogP contribution in [0.5, 0.6) is 0 Å². The van der Waals surface area contributed by atoms with Gasteiger partial charge in [-0.05, 0) is 70.8 Å². The van der Waals surface area contributed by atoms with Gasteiger partial charge in [-0.3, -0.25) is 0 Å². The van der Waals surface area contributed by atoms with Crippen LogP contribution in [0.1, 0.15) is 58.4 Å². The molecule has 23 heavy (non-hydrogen) atoms. The number of nitrogens with zero attached hydrogens (tertiary/aromatic N) is 1. The molecule has 2 aliphatic rings. The van der Waals surface area contributed by atoms with E-state index in [-0.39, 0.29) is 6.09 Å². The van der Waals surface area contributed by atoms with Crippen molar-refractivity contribution in [2.75, 3.05) is 0 Å². The Morgan fingerprint density at radius 2 is 1.74 bits per heavy atom. The Morgan fingerprint density at radius 1 is 1.13 bits per heavy atom. The molecule has 1 aromatic carbocycles. The average Bonchev–Trinajstić information content (AvgIpc) is 2.76. The number of hydrogen-bond donors (Lipinski definition) is 0. The first-order valence-corrected chi connectivity index (χ1v) is 8.97. The van der Waals surface area contributed by atoms with Crippen LogP contribution in [0, 0.1) is 5.92 Å². The second kappa shape index (κ2) is 6.54. The summed E-state index contributed by atoms with van der Waals surface area (Å²) in [5.41, 5.74) is 1.02. The number of hydrogen-bond acceptors (Lipinski definition) is 2. The fourth-order valence-corrected chi connectivity index (χ4v) is 4.15. The van der Waals surface area contributed by atoms with E-state index in [2.05, 4.69) is 30.3 Å². The van der Waals surface area contributed by atoms with Crippen molar-refractivity contribution in [1.82, 2.24) is 4.90 Å². The van der Waals surface area contributed by atoms with Crippen LogP contribution in [0.4, 0.5) is 4.79 Å². The molecule has 0 saturated carbocycles. The van der Waals surface area contributed by atoms with Gasteiger partial charge in [0.25, 0.3) is 0 Å². The lowest BCUT2D eigenvalue weighted by molar-refractivity contribution is 0.00166. The van der Waals surface area contributed by atoms with Crippen molar-refractivity contribution in [2.45, 2.75) is 77.0 Å². The lowest BCUT2D eigenvalue weighted by atomic mass is 9.86. The topological polar surface area (TPSA) is 29.5 Å². The summed E-state index contributed by atoms with van der Waals surface area (Å²) >= 11 is 0. The van der Waals surface area contributed by atoms with Crippen LogP contribution in [0.25, 0.3) is 0 Å². The van der Waals surface area contributed by atoms with Crippen LogP contribution >= 0.6 is 0 Å². The standard InChI is InChI=1S/C20H29NO2/c1-20(2,3)23-19(22)21-17-11-12-18(21)14-16(13-17)10-9-15-7-5-4-6-8-15/h4-8,16-18H,9-14H2,1-3H3. The molecule has 3 heteroatoms. The molecule has 2 saturated heterocycles. The maximum atomic E-state index is 12.5. The highest BCUT2D eigenvalue weighted by Gasteiger charge is 2.44. The molecule has 1 aromatic rings. The van der Waals surface area contributed by atoms with E-state index in [0.29, 0.717) is 12.1 Å². The number of piperidine rings is 1. The van der Waals surface area contributed by atoms with Gasteiger partial charge in [-0.1, -0.05) is 30.3 Å². The molecule has 0 radical (unpaired) electrons. The van der Waals surface area contributed by atoms with Gasteiger partial charge in [-0.25, -0.2) is 4.79 Å². The van der Waals surface area contributed by atoms with Gasteiger partial charge in [-0.15, -0.1) is 0 Å². The number of fused-ring (bicyclic) bond motifs is 2. The molecule has 2 heterocycles. The normalized spacial score (nSPS) is 27.1. The molecule has 0 N–H and O–H groups in total. The van der Waals surface area contributed by atoms with Crippen LogP contribution in [0.3, 0.4) is 0 Å². The van der Waals surface area contributed by atoms with Gasteiger partial charge in [0, 0.05) is 12.1 Å². The van der Waals surface area contributed by atoms with Gasteiger partial charge in [-0.2, -0.15) is 0 Å². The maximum Gasteiger partial charge on any atom is 0.410 e. The molecule has 2 bridgehead atoms. The zero-order valence-corrected chi connectivity index (χ0v) is 14.6. The lowest BCUT2D eigenvalue weighted by Crippen LogP contribution is -2.48. The van der Waals surface area contributed by atoms with E-state index in [1.165, 1.54) is 12.0 Å². The van der Waals surface area contributed by atoms with Gasteiger partial charge in [0.2, 0.25) is 0 Å². The van der Waals surface area contributed by atoms with Gasteiger partial charge < -0.3 is 9.64 Å². The third kappa shape index (κ3) is 4.07. The summed E-state index contributed by atoms with van der Waals surface area (Å²) in [5, 5.41) is 0. The fourth-order valence-electron chi connectivity index (χ4n) is 4.15. The maximum absolute atomic E-state index is 12.5. The Bertz CT molecular complexity index is 520. The smallest absolute Gasteiger partial charge is 0.410 e. The molecule has 126 valence electrons. The summed E-state index contributed by atoms with van der Waals surface area (Å²) in [6, 6.07) is 11.5. The predicted molar refractivity (Wildman–Crippen MR) is 92.4 cm³/mol. The zero-order valence-electron chi connectivity index (χ0n) is 14.6.